The van der Waals surface area contributed by atoms with Crippen molar-refractivity contribution in [2.45, 2.75) is 90.8 Å². The second kappa shape index (κ2) is 12.8. The maximum Gasteiger partial charge on any atom is 0.308 e. The van der Waals surface area contributed by atoms with Crippen molar-refractivity contribution >= 4 is 23.8 Å². The highest BCUT2D eigenvalue weighted by atomic mass is 19.1. The van der Waals surface area contributed by atoms with Crippen LogP contribution in [0.2, 0.25) is 0 Å². The number of rotatable bonds is 8. The van der Waals surface area contributed by atoms with Gasteiger partial charge in [-0.25, -0.2) is 8.78 Å². The number of aromatic nitrogens is 1. The van der Waals surface area contributed by atoms with Crippen LogP contribution in [-0.2, 0) is 19.0 Å². The molecule has 1 aromatic heterocycles. The Bertz CT molecular complexity index is 1470. The molecule has 0 radical (unpaired) electrons. The molecular weight excluding hydrogens is 554 g/mol. The Hall–Kier alpha value is -3.82. The summed E-state index contributed by atoms with van der Waals surface area (Å²) < 4.78 is 46.9. The Kier molecular flexibility index (Phi) is 9.57. The molecule has 0 aliphatic carbocycles. The highest BCUT2D eigenvalue weighted by Gasteiger charge is 2.36. The van der Waals surface area contributed by atoms with Crippen molar-refractivity contribution in [3.63, 3.8) is 0 Å². The van der Waals surface area contributed by atoms with Crippen LogP contribution in [0.15, 0.2) is 60.7 Å². The van der Waals surface area contributed by atoms with Gasteiger partial charge in [-0.1, -0.05) is 13.8 Å². The summed E-state index contributed by atoms with van der Waals surface area (Å²) in [5.74, 6) is -2.50. The second-order valence-corrected chi connectivity index (χ2v) is 12.5. The van der Waals surface area contributed by atoms with Crippen LogP contribution in [0.4, 0.5) is 14.5 Å². The molecule has 1 amide bonds. The molecule has 0 bridgehead atoms. The van der Waals surface area contributed by atoms with E-state index in [0.29, 0.717) is 28.9 Å². The number of hydrogen-bond donors (Lipinski definition) is 1. The molecule has 1 fully saturated rings. The van der Waals surface area contributed by atoms with Crippen LogP contribution >= 0.6 is 0 Å². The van der Waals surface area contributed by atoms with Crippen molar-refractivity contribution in [3.05, 3.63) is 83.6 Å². The lowest BCUT2D eigenvalue weighted by Crippen LogP contribution is -2.45. The first-order valence-corrected chi connectivity index (χ1v) is 14.4. The van der Waals surface area contributed by atoms with E-state index in [-0.39, 0.29) is 30.0 Å². The third-order valence-electron chi connectivity index (χ3n) is 6.75. The van der Waals surface area contributed by atoms with Crippen molar-refractivity contribution in [2.75, 3.05) is 5.32 Å². The number of ether oxygens (including phenoxy) is 3. The van der Waals surface area contributed by atoms with E-state index in [2.05, 4.69) is 5.32 Å². The van der Waals surface area contributed by atoms with Gasteiger partial charge in [-0.05, 0) is 107 Å². The van der Waals surface area contributed by atoms with Crippen molar-refractivity contribution in [1.82, 2.24) is 4.57 Å². The van der Waals surface area contributed by atoms with Gasteiger partial charge in [-0.15, -0.1) is 0 Å². The molecule has 0 spiro atoms. The van der Waals surface area contributed by atoms with E-state index in [1.54, 1.807) is 32.0 Å². The molecule has 0 saturated carbocycles. The zero-order valence-electron chi connectivity index (χ0n) is 25.7. The fraction of sp³-hybridized carbons (Fsp3) is 0.412. The fourth-order valence-corrected chi connectivity index (χ4v) is 5.19. The minimum Gasteiger partial charge on any atom is -0.460 e. The zero-order chi connectivity index (χ0) is 31.5. The summed E-state index contributed by atoms with van der Waals surface area (Å²) in [6.07, 6.45) is 3.41. The number of nitrogens with one attached hydrogen (secondary N) is 1. The predicted octanol–water partition coefficient (Wildman–Crippen LogP) is 7.92. The molecule has 1 aliphatic rings. The molecule has 4 rings (SSSR count). The summed E-state index contributed by atoms with van der Waals surface area (Å²) in [6.45, 7) is 13.0. The highest BCUT2D eigenvalue weighted by Crippen LogP contribution is 2.34. The molecule has 9 heteroatoms. The number of amides is 1. The van der Waals surface area contributed by atoms with Gasteiger partial charge < -0.3 is 24.1 Å². The molecule has 43 heavy (non-hydrogen) atoms. The first-order chi connectivity index (χ1) is 20.1. The van der Waals surface area contributed by atoms with Gasteiger partial charge in [0.05, 0.1) is 29.9 Å². The number of esters is 1. The van der Waals surface area contributed by atoms with Crippen LogP contribution in [-0.4, -0.2) is 40.0 Å². The quantitative estimate of drug-likeness (QED) is 0.268. The van der Waals surface area contributed by atoms with Crippen LogP contribution in [0.25, 0.3) is 17.5 Å². The van der Waals surface area contributed by atoms with Crippen LogP contribution in [0.5, 0.6) is 0 Å². The zero-order valence-corrected chi connectivity index (χ0v) is 25.7. The normalized spacial score (nSPS) is 18.7. The lowest BCUT2D eigenvalue weighted by atomic mass is 10.0. The number of nitrogens with zero attached hydrogens (tertiary/aromatic N) is 1. The summed E-state index contributed by atoms with van der Waals surface area (Å²) >= 11 is 0. The van der Waals surface area contributed by atoms with Crippen molar-refractivity contribution in [2.24, 2.45) is 0 Å². The Morgan fingerprint density at radius 3 is 2.23 bits per heavy atom. The summed E-state index contributed by atoms with van der Waals surface area (Å²) in [5.41, 5.74) is 2.41. The lowest BCUT2D eigenvalue weighted by Gasteiger charge is -2.39. The molecular formula is C34H40F2N2O5. The van der Waals surface area contributed by atoms with Crippen molar-refractivity contribution < 1.29 is 32.6 Å². The van der Waals surface area contributed by atoms with E-state index < -0.39 is 29.4 Å². The number of benzene rings is 2. The monoisotopic (exact) mass is 594 g/mol. The molecule has 0 unspecified atom stereocenters. The summed E-state index contributed by atoms with van der Waals surface area (Å²) in [5, 5.41) is 2.85. The molecule has 7 nitrogen and oxygen atoms in total. The van der Waals surface area contributed by atoms with Gasteiger partial charge >= 0.3 is 5.97 Å². The Morgan fingerprint density at radius 1 is 1.05 bits per heavy atom. The van der Waals surface area contributed by atoms with E-state index in [4.69, 9.17) is 14.2 Å². The smallest absolute Gasteiger partial charge is 0.308 e. The Balaban J connectivity index is 1.69. The molecule has 2 atom stereocenters. The third-order valence-corrected chi connectivity index (χ3v) is 6.75. The molecule has 2 heterocycles. The van der Waals surface area contributed by atoms with E-state index in [9.17, 15) is 18.4 Å². The van der Waals surface area contributed by atoms with Gasteiger partial charge in [-0.2, -0.15) is 0 Å². The van der Waals surface area contributed by atoms with E-state index in [1.807, 2.05) is 51.5 Å². The van der Waals surface area contributed by atoms with Gasteiger partial charge in [0, 0.05) is 24.0 Å². The largest absolute Gasteiger partial charge is 0.460 e. The predicted molar refractivity (Wildman–Crippen MR) is 163 cm³/mol. The number of anilines is 1. The number of carbonyl (C=O) groups is 2. The van der Waals surface area contributed by atoms with E-state index in [0.717, 1.165) is 5.69 Å². The standard InChI is InChI=1S/C34H40F2N2O5/c1-21(2)31-28(32(40)37-25-14-12-24(36)13-15-25)20-29(22-8-10-23(35)11-9-22)38(31)17-16-26-18-27(42-34(6,7)41-26)19-30(39)43-33(3,4)5/h8-17,20-21,26-27H,18-19H2,1-7H3,(H,37,40)/b17-16+/t26-,27-/m1/s1. The minimum atomic E-state index is -0.947. The molecule has 1 aliphatic heterocycles. The van der Waals surface area contributed by atoms with Crippen molar-refractivity contribution in [1.29, 1.82) is 0 Å². The van der Waals surface area contributed by atoms with Crippen LogP contribution in [0.3, 0.4) is 0 Å². The maximum absolute atomic E-state index is 13.8. The lowest BCUT2D eigenvalue weighted by molar-refractivity contribution is -0.290. The Morgan fingerprint density at radius 2 is 1.65 bits per heavy atom. The van der Waals surface area contributed by atoms with E-state index in [1.165, 1.54) is 36.4 Å². The van der Waals surface area contributed by atoms with Gasteiger partial charge in [0.15, 0.2) is 5.79 Å². The van der Waals surface area contributed by atoms with Crippen LogP contribution in [0.1, 0.15) is 83.3 Å². The molecule has 2 aromatic carbocycles. The number of carbonyl (C=O) groups excluding carboxylic acids is 2. The molecule has 1 saturated heterocycles. The van der Waals surface area contributed by atoms with Gasteiger partial charge in [0.25, 0.3) is 5.91 Å². The van der Waals surface area contributed by atoms with Gasteiger partial charge in [0.1, 0.15) is 17.2 Å². The van der Waals surface area contributed by atoms with Crippen LogP contribution in [0, 0.1) is 11.6 Å². The topological polar surface area (TPSA) is 78.8 Å². The highest BCUT2D eigenvalue weighted by molar-refractivity contribution is 6.06. The van der Waals surface area contributed by atoms with Gasteiger partial charge in [0.2, 0.25) is 0 Å². The van der Waals surface area contributed by atoms with E-state index >= 15 is 0 Å². The first-order valence-electron chi connectivity index (χ1n) is 14.4. The minimum absolute atomic E-state index is 0.0835. The third kappa shape index (κ3) is 8.61. The molecule has 3 aromatic rings. The summed E-state index contributed by atoms with van der Waals surface area (Å²) in [4.78, 5) is 26.1. The first kappa shape index (κ1) is 32.1. The summed E-state index contributed by atoms with van der Waals surface area (Å²) in [7, 11) is 0. The SMILES string of the molecule is CC(C)c1c(C(=O)Nc2ccc(F)cc2)cc(-c2ccc(F)cc2)n1/C=C/[C@@H]1C[C@H](CC(=O)OC(C)(C)C)OC(C)(C)O1. The van der Waals surface area contributed by atoms with Crippen molar-refractivity contribution in [3.8, 4) is 11.3 Å². The average molecular weight is 595 g/mol. The molecule has 1 N–H and O–H groups in total. The fourth-order valence-electron chi connectivity index (χ4n) is 5.19. The summed E-state index contributed by atoms with van der Waals surface area (Å²) in [6, 6.07) is 13.4. The maximum atomic E-state index is 13.8. The number of hydrogen-bond acceptors (Lipinski definition) is 5. The van der Waals surface area contributed by atoms with Gasteiger partial charge in [-0.3, -0.25) is 9.59 Å². The number of halogens is 2. The van der Waals surface area contributed by atoms with Crippen LogP contribution < -0.4 is 5.32 Å². The molecule has 230 valence electrons. The average Bonchev–Trinajstić information content (AvgIpc) is 3.27. The Labute approximate surface area is 251 Å². The second-order valence-electron chi connectivity index (χ2n) is 12.5.